The molecule has 1 unspecified atom stereocenters. The van der Waals surface area contributed by atoms with Crippen molar-refractivity contribution in [2.24, 2.45) is 0 Å². The summed E-state index contributed by atoms with van der Waals surface area (Å²) >= 11 is 0. The van der Waals surface area contributed by atoms with Crippen molar-refractivity contribution in [1.29, 1.82) is 0 Å². The van der Waals surface area contributed by atoms with Gasteiger partial charge in [0.05, 0.1) is 0 Å². The van der Waals surface area contributed by atoms with Crippen LogP contribution in [0.1, 0.15) is 47.7 Å². The summed E-state index contributed by atoms with van der Waals surface area (Å²) in [7, 11) is 0. The quantitative estimate of drug-likeness (QED) is 0.909. The highest BCUT2D eigenvalue weighted by Crippen LogP contribution is 2.14. The van der Waals surface area contributed by atoms with E-state index in [2.05, 4.69) is 17.1 Å². The molecule has 0 saturated carbocycles. The molecule has 4 nitrogen and oxygen atoms in total. The van der Waals surface area contributed by atoms with Crippen LogP contribution < -0.4 is 5.32 Å². The average molecular weight is 302 g/mol. The molecular weight excluding hydrogens is 276 g/mol. The van der Waals surface area contributed by atoms with E-state index in [1.54, 1.807) is 0 Å². The second-order valence-corrected chi connectivity index (χ2v) is 6.24. The summed E-state index contributed by atoms with van der Waals surface area (Å²) in [5.41, 5.74) is 2.82. The fraction of sp³-hybridized carbons (Fsp3) is 0.556. The van der Waals surface area contributed by atoms with Crippen LogP contribution in [0.2, 0.25) is 0 Å². The second-order valence-electron chi connectivity index (χ2n) is 6.24. The summed E-state index contributed by atoms with van der Waals surface area (Å²) in [5, 5.41) is 3.03. The van der Waals surface area contributed by atoms with Gasteiger partial charge in [0.15, 0.2) is 0 Å². The van der Waals surface area contributed by atoms with Gasteiger partial charge in [0, 0.05) is 44.1 Å². The molecule has 1 heterocycles. The third-order valence-corrected chi connectivity index (χ3v) is 4.53. The van der Waals surface area contributed by atoms with Gasteiger partial charge in [-0.05, 0) is 38.3 Å². The van der Waals surface area contributed by atoms with Crippen LogP contribution in [-0.2, 0) is 4.79 Å². The topological polar surface area (TPSA) is 49.4 Å². The molecule has 2 rings (SSSR count). The Morgan fingerprint density at radius 2 is 1.82 bits per heavy atom. The van der Waals surface area contributed by atoms with Crippen LogP contribution in [0.4, 0.5) is 0 Å². The predicted molar refractivity (Wildman–Crippen MR) is 88.1 cm³/mol. The Labute approximate surface area is 132 Å². The maximum absolute atomic E-state index is 12.3. The van der Waals surface area contributed by atoms with Crippen LogP contribution in [0, 0.1) is 13.8 Å². The van der Waals surface area contributed by atoms with Crippen molar-refractivity contribution in [3.05, 3.63) is 34.9 Å². The third kappa shape index (κ3) is 4.17. The molecule has 1 fully saturated rings. The van der Waals surface area contributed by atoms with Gasteiger partial charge in [-0.25, -0.2) is 0 Å². The van der Waals surface area contributed by atoms with Gasteiger partial charge < -0.3 is 5.32 Å². The summed E-state index contributed by atoms with van der Waals surface area (Å²) in [4.78, 5) is 25.9. The van der Waals surface area contributed by atoms with E-state index in [-0.39, 0.29) is 5.91 Å². The highest BCUT2D eigenvalue weighted by Gasteiger charge is 2.20. The lowest BCUT2D eigenvalue weighted by molar-refractivity contribution is -0.121. The van der Waals surface area contributed by atoms with Crippen molar-refractivity contribution in [3.8, 4) is 0 Å². The van der Waals surface area contributed by atoms with Crippen molar-refractivity contribution in [2.75, 3.05) is 19.6 Å². The molecule has 0 spiro atoms. The zero-order valence-electron chi connectivity index (χ0n) is 13.8. The molecule has 1 aliphatic heterocycles. The fourth-order valence-electron chi connectivity index (χ4n) is 3.05. The average Bonchev–Trinajstić information content (AvgIpc) is 2.47. The number of Topliss-reactive ketones (excluding diaryl/α,β-unsaturated/α-hetero) is 1. The minimum absolute atomic E-state index is 0.0108. The first-order valence-corrected chi connectivity index (χ1v) is 8.09. The number of carbonyl (C=O) groups excluding carboxylic acids is 2. The van der Waals surface area contributed by atoms with Crippen molar-refractivity contribution >= 4 is 11.7 Å². The van der Waals surface area contributed by atoms with E-state index in [1.165, 1.54) is 0 Å². The summed E-state index contributed by atoms with van der Waals surface area (Å²) in [6, 6.07) is 6.30. The van der Waals surface area contributed by atoms with Gasteiger partial charge in [0.1, 0.15) is 5.78 Å². The minimum Gasteiger partial charge on any atom is -0.352 e. The Balaban J connectivity index is 1.81. The number of benzene rings is 1. The van der Waals surface area contributed by atoms with Crippen molar-refractivity contribution < 1.29 is 9.59 Å². The molecule has 1 saturated heterocycles. The number of piperidine rings is 1. The third-order valence-electron chi connectivity index (χ3n) is 4.53. The molecule has 0 aliphatic carbocycles. The van der Waals surface area contributed by atoms with Crippen LogP contribution >= 0.6 is 0 Å². The smallest absolute Gasteiger partial charge is 0.251 e. The van der Waals surface area contributed by atoms with E-state index < -0.39 is 0 Å². The minimum atomic E-state index is 0.0108. The summed E-state index contributed by atoms with van der Waals surface area (Å²) in [5.74, 6) is 0.378. The number of amides is 1. The number of hydrogen-bond donors (Lipinski definition) is 1. The van der Waals surface area contributed by atoms with Crippen LogP contribution in [0.3, 0.4) is 0 Å². The van der Waals surface area contributed by atoms with E-state index in [1.807, 2.05) is 32.0 Å². The number of aryl methyl sites for hydroxylation is 2. The number of carbonyl (C=O) groups is 2. The van der Waals surface area contributed by atoms with Gasteiger partial charge in [0.2, 0.25) is 0 Å². The molecule has 1 amide bonds. The number of hydrogen-bond acceptors (Lipinski definition) is 3. The standard InChI is InChI=1S/C18H26N2O2/c1-13-5-4-6-14(2)17(13)18(22)19-10-7-15(3)20-11-8-16(21)9-12-20/h4-6,15H,7-12H2,1-3H3,(H,19,22). The van der Waals surface area contributed by atoms with Crippen molar-refractivity contribution in [3.63, 3.8) is 0 Å². The van der Waals surface area contributed by atoms with E-state index in [9.17, 15) is 9.59 Å². The molecule has 1 aromatic rings. The predicted octanol–water partition coefficient (Wildman–Crippen LogP) is 2.48. The fourth-order valence-corrected chi connectivity index (χ4v) is 3.05. The molecule has 0 bridgehead atoms. The lowest BCUT2D eigenvalue weighted by atomic mass is 10.0. The molecule has 0 radical (unpaired) electrons. The monoisotopic (exact) mass is 302 g/mol. The van der Waals surface area contributed by atoms with Crippen molar-refractivity contribution in [2.45, 2.75) is 46.1 Å². The number of nitrogens with zero attached hydrogens (tertiary/aromatic N) is 1. The molecule has 120 valence electrons. The van der Waals surface area contributed by atoms with E-state index >= 15 is 0 Å². The molecule has 1 N–H and O–H groups in total. The van der Waals surface area contributed by atoms with Gasteiger partial charge in [-0.3, -0.25) is 14.5 Å². The second kappa shape index (κ2) is 7.54. The SMILES string of the molecule is Cc1cccc(C)c1C(=O)NCCC(C)N1CCC(=O)CC1. The zero-order valence-corrected chi connectivity index (χ0v) is 13.8. The summed E-state index contributed by atoms with van der Waals surface area (Å²) in [6.45, 7) is 8.47. The van der Waals surface area contributed by atoms with Gasteiger partial charge >= 0.3 is 0 Å². The van der Waals surface area contributed by atoms with Crippen LogP contribution in [0.25, 0.3) is 0 Å². The highest BCUT2D eigenvalue weighted by molar-refractivity contribution is 5.97. The van der Waals surface area contributed by atoms with E-state index in [0.717, 1.165) is 36.2 Å². The zero-order chi connectivity index (χ0) is 16.1. The lowest BCUT2D eigenvalue weighted by Crippen LogP contribution is -2.41. The van der Waals surface area contributed by atoms with Gasteiger partial charge in [0.25, 0.3) is 5.91 Å². The molecule has 22 heavy (non-hydrogen) atoms. The molecule has 0 aromatic heterocycles. The first-order chi connectivity index (χ1) is 10.5. The van der Waals surface area contributed by atoms with Gasteiger partial charge in [-0.2, -0.15) is 0 Å². The number of nitrogens with one attached hydrogen (secondary N) is 1. The maximum atomic E-state index is 12.3. The van der Waals surface area contributed by atoms with E-state index in [4.69, 9.17) is 0 Å². The summed E-state index contributed by atoms with van der Waals surface area (Å²) in [6.07, 6.45) is 2.24. The Hall–Kier alpha value is -1.68. The Kier molecular flexibility index (Phi) is 5.72. The van der Waals surface area contributed by atoms with Gasteiger partial charge in [-0.15, -0.1) is 0 Å². The highest BCUT2D eigenvalue weighted by atomic mass is 16.1. The van der Waals surface area contributed by atoms with E-state index in [0.29, 0.717) is 31.2 Å². The first-order valence-electron chi connectivity index (χ1n) is 8.09. The molecule has 1 aromatic carbocycles. The Morgan fingerprint density at radius 1 is 1.23 bits per heavy atom. The van der Waals surface area contributed by atoms with Crippen LogP contribution in [-0.4, -0.2) is 42.3 Å². The molecule has 1 aliphatic rings. The normalized spacial score (nSPS) is 17.3. The number of likely N-dealkylation sites (tertiary alicyclic amines) is 1. The molecule has 4 heteroatoms. The Morgan fingerprint density at radius 3 is 2.41 bits per heavy atom. The largest absolute Gasteiger partial charge is 0.352 e. The molecule has 1 atom stereocenters. The Bertz CT molecular complexity index is 524. The number of ketones is 1. The summed E-state index contributed by atoms with van der Waals surface area (Å²) < 4.78 is 0. The van der Waals surface area contributed by atoms with Crippen LogP contribution in [0.5, 0.6) is 0 Å². The van der Waals surface area contributed by atoms with Crippen molar-refractivity contribution in [1.82, 2.24) is 10.2 Å². The van der Waals surface area contributed by atoms with Gasteiger partial charge in [-0.1, -0.05) is 18.2 Å². The van der Waals surface area contributed by atoms with Crippen LogP contribution in [0.15, 0.2) is 18.2 Å². The maximum Gasteiger partial charge on any atom is 0.251 e. The molecular formula is C18H26N2O2. The lowest BCUT2D eigenvalue weighted by Gasteiger charge is -2.31. The number of rotatable bonds is 5. The first kappa shape index (κ1) is 16.7.